The van der Waals surface area contributed by atoms with Gasteiger partial charge in [-0.1, -0.05) is 69.6 Å². The molecule has 1 saturated heterocycles. The monoisotopic (exact) mass is 439 g/mol. The molecule has 2 rings (SSSR count). The molecule has 130 valence electrons. The van der Waals surface area contributed by atoms with E-state index in [-0.39, 0.29) is 0 Å². The molecule has 0 amide bonds. The molecule has 1 atom stereocenters. The van der Waals surface area contributed by atoms with Crippen LogP contribution < -0.4 is 0 Å². The zero-order valence-electron chi connectivity index (χ0n) is 12.1. The van der Waals surface area contributed by atoms with Crippen molar-refractivity contribution in [2.24, 2.45) is 5.92 Å². The standard InChI is InChI=1S/C14H15Cl6NO2/c15-13(16,17)11(22)8-4-3-5-9(12(23)14(18,19)20)10(8)21-6-1-2-7-21/h8H,1-7H2. The van der Waals surface area contributed by atoms with Crippen LogP contribution in [-0.2, 0) is 9.59 Å². The highest BCUT2D eigenvalue weighted by molar-refractivity contribution is 6.77. The third-order valence-electron chi connectivity index (χ3n) is 4.13. The van der Waals surface area contributed by atoms with Crippen molar-refractivity contribution in [2.45, 2.75) is 39.7 Å². The second kappa shape index (κ2) is 7.47. The van der Waals surface area contributed by atoms with Crippen molar-refractivity contribution in [3.63, 3.8) is 0 Å². The zero-order chi connectivity index (χ0) is 17.4. The Hall–Kier alpha value is 0.620. The van der Waals surface area contributed by atoms with Gasteiger partial charge in [0.15, 0.2) is 5.78 Å². The zero-order valence-corrected chi connectivity index (χ0v) is 16.6. The largest absolute Gasteiger partial charge is 0.374 e. The fourth-order valence-corrected chi connectivity index (χ4v) is 3.92. The summed E-state index contributed by atoms with van der Waals surface area (Å²) in [4.78, 5) is 27.0. The van der Waals surface area contributed by atoms with Gasteiger partial charge in [0.2, 0.25) is 9.58 Å². The summed E-state index contributed by atoms with van der Waals surface area (Å²) in [6, 6.07) is 0. The first-order valence-electron chi connectivity index (χ1n) is 7.24. The maximum Gasteiger partial charge on any atom is 0.253 e. The number of hydrogen-bond donors (Lipinski definition) is 0. The van der Waals surface area contributed by atoms with E-state index >= 15 is 0 Å². The summed E-state index contributed by atoms with van der Waals surface area (Å²) in [5.41, 5.74) is 0.937. The third kappa shape index (κ3) is 4.62. The van der Waals surface area contributed by atoms with Gasteiger partial charge in [0, 0.05) is 24.4 Å². The Bertz CT molecular complexity index is 528. The number of carbonyl (C=O) groups is 2. The molecule has 0 radical (unpaired) electrons. The number of Topliss-reactive ketones (excluding diaryl/α,β-unsaturated/α-hetero) is 2. The lowest BCUT2D eigenvalue weighted by Gasteiger charge is -2.35. The second-order valence-corrected chi connectivity index (χ2v) is 10.3. The third-order valence-corrected chi connectivity index (χ3v) is 5.21. The first-order chi connectivity index (χ1) is 10.5. The molecule has 1 fully saturated rings. The highest BCUT2D eigenvalue weighted by Gasteiger charge is 2.45. The molecule has 0 saturated carbocycles. The lowest BCUT2D eigenvalue weighted by atomic mass is 9.82. The summed E-state index contributed by atoms with van der Waals surface area (Å²) < 4.78 is -4.10. The second-order valence-electron chi connectivity index (χ2n) is 5.69. The Morgan fingerprint density at radius 3 is 1.96 bits per heavy atom. The minimum atomic E-state index is -2.06. The summed E-state index contributed by atoms with van der Waals surface area (Å²) in [5, 5.41) is 0. The van der Waals surface area contributed by atoms with E-state index in [0.29, 0.717) is 30.5 Å². The Morgan fingerprint density at radius 1 is 0.913 bits per heavy atom. The molecule has 0 N–H and O–H groups in total. The van der Waals surface area contributed by atoms with Crippen LogP contribution in [0, 0.1) is 5.92 Å². The van der Waals surface area contributed by atoms with Crippen LogP contribution in [0.25, 0.3) is 0 Å². The molecule has 1 heterocycles. The van der Waals surface area contributed by atoms with Gasteiger partial charge in [0.25, 0.3) is 3.79 Å². The van der Waals surface area contributed by atoms with E-state index in [1.165, 1.54) is 0 Å². The highest BCUT2D eigenvalue weighted by Crippen LogP contribution is 2.43. The number of likely N-dealkylation sites (tertiary alicyclic amines) is 1. The summed E-state index contributed by atoms with van der Waals surface area (Å²) in [6.45, 7) is 1.46. The van der Waals surface area contributed by atoms with Crippen molar-refractivity contribution < 1.29 is 9.59 Å². The fourth-order valence-electron chi connectivity index (χ4n) is 3.18. The van der Waals surface area contributed by atoms with Gasteiger partial charge in [-0.05, 0) is 32.1 Å². The van der Waals surface area contributed by atoms with Crippen LogP contribution in [0.3, 0.4) is 0 Å². The molecule has 0 aromatic rings. The molecule has 3 nitrogen and oxygen atoms in total. The van der Waals surface area contributed by atoms with Gasteiger partial charge in [-0.2, -0.15) is 0 Å². The number of carbonyl (C=O) groups excluding carboxylic acids is 2. The molecule has 1 unspecified atom stereocenters. The van der Waals surface area contributed by atoms with E-state index in [2.05, 4.69) is 0 Å². The van der Waals surface area contributed by atoms with E-state index in [4.69, 9.17) is 69.6 Å². The SMILES string of the molecule is O=C(C1=C(N2CCCC2)C(C(=O)C(Cl)(Cl)Cl)CCC1)C(Cl)(Cl)Cl. The molecule has 0 bridgehead atoms. The van der Waals surface area contributed by atoms with Crippen LogP contribution in [0.5, 0.6) is 0 Å². The van der Waals surface area contributed by atoms with Crippen LogP contribution in [0.15, 0.2) is 11.3 Å². The van der Waals surface area contributed by atoms with Crippen molar-refractivity contribution in [3.05, 3.63) is 11.3 Å². The van der Waals surface area contributed by atoms with E-state index in [0.717, 1.165) is 25.9 Å². The number of rotatable bonds is 3. The van der Waals surface area contributed by atoms with Gasteiger partial charge in [0.05, 0.1) is 5.92 Å². The number of alkyl halides is 6. The molecule has 0 aromatic heterocycles. The van der Waals surface area contributed by atoms with Gasteiger partial charge in [0.1, 0.15) is 0 Å². The Labute approximate surface area is 165 Å². The minimum Gasteiger partial charge on any atom is -0.374 e. The lowest BCUT2D eigenvalue weighted by molar-refractivity contribution is -0.121. The van der Waals surface area contributed by atoms with Crippen molar-refractivity contribution in [1.82, 2.24) is 4.90 Å². The van der Waals surface area contributed by atoms with E-state index in [1.54, 1.807) is 0 Å². The van der Waals surface area contributed by atoms with Crippen LogP contribution in [0.4, 0.5) is 0 Å². The van der Waals surface area contributed by atoms with Gasteiger partial charge >= 0.3 is 0 Å². The van der Waals surface area contributed by atoms with E-state index < -0.39 is 25.1 Å². The summed E-state index contributed by atoms with van der Waals surface area (Å²) in [7, 11) is 0. The van der Waals surface area contributed by atoms with Crippen LogP contribution >= 0.6 is 69.6 Å². The number of allylic oxidation sites excluding steroid dienone is 2. The van der Waals surface area contributed by atoms with Crippen molar-refractivity contribution in [2.75, 3.05) is 13.1 Å². The van der Waals surface area contributed by atoms with Gasteiger partial charge in [-0.3, -0.25) is 9.59 Å². The average Bonchev–Trinajstić information content (AvgIpc) is 2.96. The number of ketones is 2. The molecule has 1 aliphatic heterocycles. The summed E-state index contributed by atoms with van der Waals surface area (Å²) in [6.07, 6.45) is 3.48. The Balaban J connectivity index is 2.50. The fraction of sp³-hybridized carbons (Fsp3) is 0.714. The predicted molar refractivity (Wildman–Crippen MR) is 95.8 cm³/mol. The molecular formula is C14H15Cl6NO2. The van der Waals surface area contributed by atoms with Gasteiger partial charge < -0.3 is 4.90 Å². The number of halogens is 6. The smallest absolute Gasteiger partial charge is 0.253 e. The molecular weight excluding hydrogens is 427 g/mol. The summed E-state index contributed by atoms with van der Waals surface area (Å²) >= 11 is 34.7. The quantitative estimate of drug-likeness (QED) is 0.577. The topological polar surface area (TPSA) is 37.4 Å². The Morgan fingerprint density at radius 2 is 1.48 bits per heavy atom. The van der Waals surface area contributed by atoms with Crippen molar-refractivity contribution in [3.8, 4) is 0 Å². The molecule has 1 aliphatic carbocycles. The first kappa shape index (κ1) is 19.9. The lowest BCUT2D eigenvalue weighted by Crippen LogP contribution is -2.39. The predicted octanol–water partition coefficient (Wildman–Crippen LogP) is 5.02. The Kier molecular flexibility index (Phi) is 6.48. The van der Waals surface area contributed by atoms with Crippen LogP contribution in [0.1, 0.15) is 32.1 Å². The van der Waals surface area contributed by atoms with E-state index in [9.17, 15) is 9.59 Å². The maximum atomic E-state index is 12.5. The molecule has 0 spiro atoms. The maximum absolute atomic E-state index is 12.5. The molecule has 9 heteroatoms. The van der Waals surface area contributed by atoms with Crippen molar-refractivity contribution in [1.29, 1.82) is 0 Å². The number of nitrogens with zero attached hydrogens (tertiary/aromatic N) is 1. The highest BCUT2D eigenvalue weighted by atomic mass is 35.6. The number of hydrogen-bond acceptors (Lipinski definition) is 3. The van der Waals surface area contributed by atoms with Gasteiger partial charge in [-0.25, -0.2) is 0 Å². The summed E-state index contributed by atoms with van der Waals surface area (Å²) in [5.74, 6) is -1.81. The minimum absolute atomic E-state index is 0.366. The van der Waals surface area contributed by atoms with Crippen LogP contribution in [-0.4, -0.2) is 37.1 Å². The molecule has 0 aromatic carbocycles. The first-order valence-corrected chi connectivity index (χ1v) is 9.51. The average molecular weight is 442 g/mol. The van der Waals surface area contributed by atoms with Crippen molar-refractivity contribution >= 4 is 81.2 Å². The van der Waals surface area contributed by atoms with Crippen LogP contribution in [0.2, 0.25) is 0 Å². The molecule has 23 heavy (non-hydrogen) atoms. The van der Waals surface area contributed by atoms with E-state index in [1.807, 2.05) is 4.90 Å². The van der Waals surface area contributed by atoms with Gasteiger partial charge in [-0.15, -0.1) is 0 Å². The molecule has 2 aliphatic rings. The normalized spacial score (nSPS) is 23.4.